The number of ether oxygens (including phenoxy) is 2. The second-order valence-electron chi connectivity index (χ2n) is 16.9. The zero-order valence-electron chi connectivity index (χ0n) is 36.9. The molecule has 1 rings (SSSR count). The van der Waals surface area contributed by atoms with E-state index in [1.54, 1.807) is 18.4 Å². The SMILES string of the molecule is CCCCCCCC/C=C\CCCCCC/C=C/OC[C@H](COP(=O)([O-])OCC[N+](C)(C)C)OC(=O)CCC/C=C\C[C@H]1[C@@H](O)CC(=O)[C@@H]1/C=C/[C@@H](O)CCCCC. The van der Waals surface area contributed by atoms with Crippen molar-refractivity contribution in [2.24, 2.45) is 11.8 Å². The Morgan fingerprint density at radius 1 is 0.828 bits per heavy atom. The Kier molecular flexibility index (Phi) is 31.2. The van der Waals surface area contributed by atoms with E-state index in [1.165, 1.54) is 57.8 Å². The van der Waals surface area contributed by atoms with Crippen LogP contribution in [-0.4, -0.2) is 92.3 Å². The van der Waals surface area contributed by atoms with Crippen molar-refractivity contribution in [3.8, 4) is 0 Å². The molecule has 6 atom stereocenters. The number of unbranched alkanes of at least 4 members (excludes halogenated alkanes) is 14. The van der Waals surface area contributed by atoms with E-state index >= 15 is 0 Å². The molecule has 0 aromatic carbocycles. The molecule has 12 heteroatoms. The maximum Gasteiger partial charge on any atom is 0.306 e. The largest absolute Gasteiger partial charge is 0.756 e. The Balaban J connectivity index is 2.49. The smallest absolute Gasteiger partial charge is 0.306 e. The van der Waals surface area contributed by atoms with E-state index in [0.717, 1.165) is 44.9 Å². The fourth-order valence-corrected chi connectivity index (χ4v) is 7.39. The number of hydrogen-bond donors (Lipinski definition) is 2. The molecule has 0 saturated heterocycles. The summed E-state index contributed by atoms with van der Waals surface area (Å²) in [6, 6.07) is 0. The van der Waals surface area contributed by atoms with Crippen LogP contribution >= 0.6 is 7.82 Å². The van der Waals surface area contributed by atoms with Crippen LogP contribution in [-0.2, 0) is 32.7 Å². The van der Waals surface area contributed by atoms with Gasteiger partial charge < -0.3 is 38.1 Å². The Labute approximate surface area is 352 Å². The second-order valence-corrected chi connectivity index (χ2v) is 18.3. The lowest BCUT2D eigenvalue weighted by Crippen LogP contribution is -2.37. The third kappa shape index (κ3) is 30.0. The number of esters is 1. The highest BCUT2D eigenvalue weighted by Gasteiger charge is 2.39. The van der Waals surface area contributed by atoms with Crippen molar-refractivity contribution < 1.29 is 52.3 Å². The van der Waals surface area contributed by atoms with Gasteiger partial charge in [-0.3, -0.25) is 14.2 Å². The summed E-state index contributed by atoms with van der Waals surface area (Å²) in [7, 11) is 1.15. The monoisotopic (exact) mass is 840 g/mol. The molecule has 0 bridgehead atoms. The molecule has 58 heavy (non-hydrogen) atoms. The molecule has 0 spiro atoms. The van der Waals surface area contributed by atoms with Gasteiger partial charge >= 0.3 is 5.97 Å². The van der Waals surface area contributed by atoms with Gasteiger partial charge in [0.15, 0.2) is 6.10 Å². The number of hydrogen-bond acceptors (Lipinski definition) is 10. The minimum Gasteiger partial charge on any atom is -0.756 e. The van der Waals surface area contributed by atoms with Gasteiger partial charge in [-0.05, 0) is 70.3 Å². The van der Waals surface area contributed by atoms with Crippen molar-refractivity contribution in [3.05, 3.63) is 48.8 Å². The lowest BCUT2D eigenvalue weighted by molar-refractivity contribution is -0.870. The zero-order chi connectivity index (χ0) is 42.9. The van der Waals surface area contributed by atoms with Gasteiger partial charge in [-0.15, -0.1) is 0 Å². The number of carbonyl (C=O) groups excluding carboxylic acids is 2. The average molecular weight is 840 g/mol. The van der Waals surface area contributed by atoms with Crippen LogP contribution in [0.3, 0.4) is 0 Å². The van der Waals surface area contributed by atoms with Gasteiger partial charge in [0.25, 0.3) is 7.82 Å². The van der Waals surface area contributed by atoms with Crippen molar-refractivity contribution in [2.45, 2.75) is 173 Å². The van der Waals surface area contributed by atoms with E-state index in [0.29, 0.717) is 36.7 Å². The van der Waals surface area contributed by atoms with E-state index in [4.69, 9.17) is 18.5 Å². The lowest BCUT2D eigenvalue weighted by Gasteiger charge is -2.28. The second kappa shape index (κ2) is 33.6. The number of quaternary nitrogens is 1. The summed E-state index contributed by atoms with van der Waals surface area (Å²) in [5.74, 6) is -1.21. The normalized spacial score (nSPS) is 19.9. The number of likely N-dealkylation sites (N-methyl/N-ethyl adjacent to an activating group) is 1. The van der Waals surface area contributed by atoms with Gasteiger partial charge in [0.1, 0.15) is 25.5 Å². The topological polar surface area (TPSA) is 152 Å². The molecule has 1 fully saturated rings. The fourth-order valence-electron chi connectivity index (χ4n) is 6.66. The van der Waals surface area contributed by atoms with E-state index in [1.807, 2.05) is 39.4 Å². The maximum atomic E-state index is 12.8. The molecular weight excluding hydrogens is 757 g/mol. The van der Waals surface area contributed by atoms with Crippen molar-refractivity contribution in [1.29, 1.82) is 0 Å². The summed E-state index contributed by atoms with van der Waals surface area (Å²) in [5, 5.41) is 20.8. The van der Waals surface area contributed by atoms with Crippen molar-refractivity contribution in [2.75, 3.05) is 47.5 Å². The molecule has 1 aliphatic rings. The number of nitrogens with zero attached hydrogens (tertiary/aromatic N) is 1. The van der Waals surface area contributed by atoms with Crippen LogP contribution in [0.25, 0.3) is 0 Å². The van der Waals surface area contributed by atoms with Gasteiger partial charge in [0.2, 0.25) is 0 Å². The van der Waals surface area contributed by atoms with E-state index < -0.39 is 44.6 Å². The number of phosphoric ester groups is 1. The number of Topliss-reactive ketones (excluding diaryl/α,β-unsaturated/α-hetero) is 1. The van der Waals surface area contributed by atoms with E-state index in [2.05, 4.69) is 26.0 Å². The first kappa shape index (κ1) is 53.9. The highest BCUT2D eigenvalue weighted by atomic mass is 31.2. The van der Waals surface area contributed by atoms with Crippen LogP contribution in [0.2, 0.25) is 0 Å². The molecule has 2 N–H and O–H groups in total. The molecule has 0 aromatic heterocycles. The number of phosphoric acid groups is 1. The number of carbonyl (C=O) groups is 2. The maximum absolute atomic E-state index is 12.8. The predicted molar refractivity (Wildman–Crippen MR) is 232 cm³/mol. The van der Waals surface area contributed by atoms with Crippen LogP contribution in [0.5, 0.6) is 0 Å². The van der Waals surface area contributed by atoms with Crippen molar-refractivity contribution in [3.63, 3.8) is 0 Å². The van der Waals surface area contributed by atoms with Gasteiger partial charge in [-0.1, -0.05) is 115 Å². The predicted octanol–water partition coefficient (Wildman–Crippen LogP) is 9.46. The highest BCUT2D eigenvalue weighted by Crippen LogP contribution is 2.38. The van der Waals surface area contributed by atoms with Crippen LogP contribution in [0, 0.1) is 11.8 Å². The Hall–Kier alpha value is -2.11. The summed E-state index contributed by atoms with van der Waals surface area (Å²) < 4.78 is 34.2. The third-order valence-corrected chi connectivity index (χ3v) is 11.3. The molecule has 1 aliphatic carbocycles. The summed E-state index contributed by atoms with van der Waals surface area (Å²) in [4.78, 5) is 37.7. The number of rotatable bonds is 37. The highest BCUT2D eigenvalue weighted by molar-refractivity contribution is 7.45. The standard InChI is InChI=1S/C46H82NO10P/c1-6-8-10-11-12-13-14-15-16-17-18-19-20-21-24-28-35-54-38-41(39-56-58(52,53)55-36-34-47(3,4)5)57-46(51)31-27-23-22-26-30-42-43(45(50)37-44(42)49)33-32-40(48)29-25-9-7-2/h15-16,22,26,28,32-33,35,40-44,48-49H,6-14,17-21,23-25,27,29-31,34,36-39H2,1-5H3/b16-15-,26-22-,33-32+,35-28+/t40-,41+,42+,43+,44-/m0/s1. The fraction of sp³-hybridized carbons (Fsp3) is 0.783. The molecule has 11 nitrogen and oxygen atoms in total. The van der Waals surface area contributed by atoms with Crippen LogP contribution in [0.1, 0.15) is 155 Å². The first-order valence-electron chi connectivity index (χ1n) is 22.5. The molecule has 1 saturated carbocycles. The molecule has 0 aliphatic heterocycles. The summed E-state index contributed by atoms with van der Waals surface area (Å²) in [6.07, 6.45) is 34.4. The first-order valence-corrected chi connectivity index (χ1v) is 24.0. The van der Waals surface area contributed by atoms with E-state index in [-0.39, 0.29) is 37.8 Å². The lowest BCUT2D eigenvalue weighted by atomic mass is 9.90. The zero-order valence-corrected chi connectivity index (χ0v) is 37.8. The summed E-state index contributed by atoms with van der Waals surface area (Å²) in [5.41, 5.74) is 0. The summed E-state index contributed by atoms with van der Waals surface area (Å²) in [6.45, 7) is 4.29. The van der Waals surface area contributed by atoms with Crippen LogP contribution < -0.4 is 4.89 Å². The third-order valence-electron chi connectivity index (χ3n) is 10.3. The minimum atomic E-state index is -4.62. The van der Waals surface area contributed by atoms with Gasteiger partial charge in [-0.25, -0.2) is 0 Å². The quantitative estimate of drug-likeness (QED) is 0.0155. The molecule has 0 amide bonds. The molecule has 1 unspecified atom stereocenters. The van der Waals surface area contributed by atoms with Crippen molar-refractivity contribution >= 4 is 19.6 Å². The van der Waals surface area contributed by atoms with Crippen LogP contribution in [0.4, 0.5) is 0 Å². The molecule has 336 valence electrons. The van der Waals surface area contributed by atoms with Gasteiger partial charge in [-0.2, -0.15) is 0 Å². The van der Waals surface area contributed by atoms with Gasteiger partial charge in [0, 0.05) is 24.7 Å². The number of aliphatic hydroxyl groups is 2. The Morgan fingerprint density at radius 3 is 2.07 bits per heavy atom. The number of aliphatic hydroxyl groups excluding tert-OH is 2. The Bertz CT molecular complexity index is 1230. The number of ketones is 1. The Morgan fingerprint density at radius 2 is 1.41 bits per heavy atom. The molecule has 0 aromatic rings. The van der Waals surface area contributed by atoms with Crippen LogP contribution in [0.15, 0.2) is 48.8 Å². The van der Waals surface area contributed by atoms with Gasteiger partial charge in [0.05, 0.1) is 46.2 Å². The first-order chi connectivity index (χ1) is 27.8. The molecule has 0 heterocycles. The molecular formula is C46H82NO10P. The average Bonchev–Trinajstić information content (AvgIpc) is 3.43. The number of allylic oxidation sites excluding steroid dienone is 6. The van der Waals surface area contributed by atoms with E-state index in [9.17, 15) is 29.3 Å². The van der Waals surface area contributed by atoms with Crippen molar-refractivity contribution in [1.82, 2.24) is 0 Å². The minimum absolute atomic E-state index is 0.0178. The molecule has 0 radical (unpaired) electrons. The summed E-state index contributed by atoms with van der Waals surface area (Å²) >= 11 is 0.